The number of hydrazone groups is 1. The Bertz CT molecular complexity index is 1700. The van der Waals surface area contributed by atoms with E-state index in [1.807, 2.05) is 103 Å². The first-order valence-corrected chi connectivity index (χ1v) is 13.9. The molecule has 6 rings (SSSR count). The fourth-order valence-electron chi connectivity index (χ4n) is 4.73. The molecule has 0 amide bonds. The maximum absolute atomic E-state index is 14.0. The first kappa shape index (κ1) is 23.9. The van der Waals surface area contributed by atoms with Crippen LogP contribution in [0, 0.1) is 6.92 Å². The lowest BCUT2D eigenvalue weighted by atomic mass is 9.97. The molecule has 0 saturated carbocycles. The van der Waals surface area contributed by atoms with Gasteiger partial charge in [0.15, 0.2) is 0 Å². The first-order valence-electron chi connectivity index (χ1n) is 12.4. The second-order valence-electron chi connectivity index (χ2n) is 9.30. The average Bonchev–Trinajstić information content (AvgIpc) is 3.61. The monoisotopic (exact) mass is 518 g/mol. The summed E-state index contributed by atoms with van der Waals surface area (Å²) < 4.78 is 31.0. The standard InChI is InChI=1S/C31H26N4O2S/c1-23-17-19-25(20-18-23)31-28(22-34(33-31)26-13-7-3-8-14-26)30-21-29(24-11-5-2-6-12-24)32-35(30)38(36,37)27-15-9-4-10-16-27/h2-20,22,30H,21H2,1H3/t30-/m0/s1. The summed E-state index contributed by atoms with van der Waals surface area (Å²) in [6, 6.07) is 35.6. The third-order valence-electron chi connectivity index (χ3n) is 6.71. The number of benzene rings is 4. The number of sulfonamides is 1. The van der Waals surface area contributed by atoms with Crippen molar-refractivity contribution in [3.05, 3.63) is 138 Å². The van der Waals surface area contributed by atoms with Gasteiger partial charge in [-0.2, -0.15) is 23.0 Å². The molecule has 0 bridgehead atoms. The smallest absolute Gasteiger partial charge is 0.240 e. The van der Waals surface area contributed by atoms with E-state index in [9.17, 15) is 8.42 Å². The Labute approximate surface area is 222 Å². The highest BCUT2D eigenvalue weighted by molar-refractivity contribution is 7.89. The summed E-state index contributed by atoms with van der Waals surface area (Å²) in [4.78, 5) is 0.204. The highest BCUT2D eigenvalue weighted by Gasteiger charge is 2.40. The van der Waals surface area contributed by atoms with Gasteiger partial charge in [-0.3, -0.25) is 0 Å². The zero-order valence-corrected chi connectivity index (χ0v) is 21.7. The van der Waals surface area contributed by atoms with Crippen LogP contribution in [0.5, 0.6) is 0 Å². The van der Waals surface area contributed by atoms with Gasteiger partial charge in [0.1, 0.15) is 0 Å². The van der Waals surface area contributed by atoms with Crippen LogP contribution in [0.4, 0.5) is 0 Å². The van der Waals surface area contributed by atoms with Crippen LogP contribution in [0.2, 0.25) is 0 Å². The Morgan fingerprint density at radius 1 is 0.737 bits per heavy atom. The Balaban J connectivity index is 1.53. The number of hydrogen-bond acceptors (Lipinski definition) is 4. The summed E-state index contributed by atoms with van der Waals surface area (Å²) in [5, 5.41) is 9.68. The molecule has 188 valence electrons. The van der Waals surface area contributed by atoms with Gasteiger partial charge in [0.05, 0.1) is 28.0 Å². The fourth-order valence-corrected chi connectivity index (χ4v) is 6.17. The average molecular weight is 519 g/mol. The zero-order chi connectivity index (χ0) is 26.1. The van der Waals surface area contributed by atoms with Crippen LogP contribution in [0.25, 0.3) is 16.9 Å². The predicted octanol–water partition coefficient (Wildman–Crippen LogP) is 6.39. The molecule has 1 aliphatic heterocycles. The van der Waals surface area contributed by atoms with E-state index in [-0.39, 0.29) is 4.90 Å². The van der Waals surface area contributed by atoms with Crippen molar-refractivity contribution in [2.24, 2.45) is 5.10 Å². The maximum Gasteiger partial charge on any atom is 0.279 e. The molecule has 0 fully saturated rings. The van der Waals surface area contributed by atoms with Gasteiger partial charge in [-0.05, 0) is 36.8 Å². The van der Waals surface area contributed by atoms with Gasteiger partial charge in [-0.15, -0.1) is 0 Å². The number of para-hydroxylation sites is 1. The Morgan fingerprint density at radius 2 is 1.34 bits per heavy atom. The molecule has 0 aliphatic carbocycles. The lowest BCUT2D eigenvalue weighted by Gasteiger charge is -2.23. The van der Waals surface area contributed by atoms with Crippen molar-refractivity contribution in [2.75, 3.05) is 0 Å². The van der Waals surface area contributed by atoms with Gasteiger partial charge in [-0.25, -0.2) is 4.68 Å². The molecule has 5 aromatic rings. The van der Waals surface area contributed by atoms with Gasteiger partial charge in [0.25, 0.3) is 10.0 Å². The van der Waals surface area contributed by atoms with Gasteiger partial charge < -0.3 is 0 Å². The van der Waals surface area contributed by atoms with Crippen LogP contribution in [-0.2, 0) is 10.0 Å². The van der Waals surface area contributed by atoms with Crippen LogP contribution in [-0.4, -0.2) is 28.3 Å². The molecule has 2 heterocycles. The number of hydrogen-bond donors (Lipinski definition) is 0. The molecule has 1 aromatic heterocycles. The fraction of sp³-hybridized carbons (Fsp3) is 0.0968. The van der Waals surface area contributed by atoms with Gasteiger partial charge in [-0.1, -0.05) is 96.6 Å². The molecule has 6 nitrogen and oxygen atoms in total. The van der Waals surface area contributed by atoms with Crippen LogP contribution in [0.15, 0.2) is 131 Å². The zero-order valence-electron chi connectivity index (χ0n) is 20.8. The van der Waals surface area contributed by atoms with E-state index in [1.54, 1.807) is 30.3 Å². The van der Waals surface area contributed by atoms with Gasteiger partial charge in [0.2, 0.25) is 0 Å². The summed E-state index contributed by atoms with van der Waals surface area (Å²) >= 11 is 0. The Morgan fingerprint density at radius 3 is 2.00 bits per heavy atom. The van der Waals surface area contributed by atoms with Crippen molar-refractivity contribution in [2.45, 2.75) is 24.3 Å². The van der Waals surface area contributed by atoms with E-state index in [4.69, 9.17) is 10.2 Å². The number of aromatic nitrogens is 2. The minimum atomic E-state index is -3.93. The molecule has 38 heavy (non-hydrogen) atoms. The molecule has 0 N–H and O–H groups in total. The summed E-state index contributed by atoms with van der Waals surface area (Å²) in [6.07, 6.45) is 2.36. The third-order valence-corrected chi connectivity index (χ3v) is 8.41. The van der Waals surface area contributed by atoms with Crippen LogP contribution in [0.1, 0.15) is 29.2 Å². The summed E-state index contributed by atoms with van der Waals surface area (Å²) in [5.41, 5.74) is 6.11. The Hall–Kier alpha value is -4.49. The van der Waals surface area contributed by atoms with Crippen molar-refractivity contribution in [3.63, 3.8) is 0 Å². The molecule has 1 aliphatic rings. The maximum atomic E-state index is 14.0. The van der Waals surface area contributed by atoms with Crippen molar-refractivity contribution in [1.82, 2.24) is 14.2 Å². The van der Waals surface area contributed by atoms with E-state index in [1.165, 1.54) is 4.41 Å². The van der Waals surface area contributed by atoms with Crippen LogP contribution < -0.4 is 0 Å². The second kappa shape index (κ2) is 9.76. The van der Waals surface area contributed by atoms with E-state index in [0.717, 1.165) is 39.3 Å². The lowest BCUT2D eigenvalue weighted by molar-refractivity contribution is 0.372. The lowest BCUT2D eigenvalue weighted by Crippen LogP contribution is -2.27. The normalized spacial score (nSPS) is 15.4. The molecule has 4 aromatic carbocycles. The first-order chi connectivity index (χ1) is 18.5. The second-order valence-corrected chi connectivity index (χ2v) is 11.1. The van der Waals surface area contributed by atoms with E-state index in [2.05, 4.69) is 0 Å². The highest BCUT2D eigenvalue weighted by atomic mass is 32.2. The molecule has 7 heteroatoms. The topological polar surface area (TPSA) is 67.6 Å². The molecule has 1 atom stereocenters. The Kier molecular flexibility index (Phi) is 6.13. The summed E-state index contributed by atoms with van der Waals surface area (Å²) in [6.45, 7) is 2.04. The highest BCUT2D eigenvalue weighted by Crippen LogP contribution is 2.41. The van der Waals surface area contributed by atoms with Gasteiger partial charge in [0, 0.05) is 23.7 Å². The van der Waals surface area contributed by atoms with Crippen LogP contribution in [0.3, 0.4) is 0 Å². The van der Waals surface area contributed by atoms with Gasteiger partial charge >= 0.3 is 0 Å². The van der Waals surface area contributed by atoms with Crippen molar-refractivity contribution in [3.8, 4) is 16.9 Å². The van der Waals surface area contributed by atoms with E-state index < -0.39 is 16.1 Å². The molecular weight excluding hydrogens is 492 g/mol. The van der Waals surface area contributed by atoms with E-state index in [0.29, 0.717) is 6.42 Å². The quantitative estimate of drug-likeness (QED) is 0.262. The van der Waals surface area contributed by atoms with Crippen molar-refractivity contribution >= 4 is 15.7 Å². The van der Waals surface area contributed by atoms with E-state index >= 15 is 0 Å². The minimum Gasteiger partial charge on any atom is -0.240 e. The largest absolute Gasteiger partial charge is 0.279 e. The predicted molar refractivity (Wildman–Crippen MR) is 150 cm³/mol. The number of aryl methyl sites for hydroxylation is 1. The molecule has 0 saturated heterocycles. The van der Waals surface area contributed by atoms with Crippen LogP contribution >= 0.6 is 0 Å². The third kappa shape index (κ3) is 4.41. The summed E-state index contributed by atoms with van der Waals surface area (Å²) in [7, 11) is -3.93. The number of rotatable bonds is 6. The van der Waals surface area contributed by atoms with Crippen molar-refractivity contribution in [1.29, 1.82) is 0 Å². The molecule has 0 radical (unpaired) electrons. The molecule has 0 spiro atoms. The summed E-state index contributed by atoms with van der Waals surface area (Å²) in [5.74, 6) is 0. The number of nitrogens with zero attached hydrogens (tertiary/aromatic N) is 4. The SMILES string of the molecule is Cc1ccc(-c2nn(-c3ccccc3)cc2[C@@H]2CC(c3ccccc3)=NN2S(=O)(=O)c2ccccc2)cc1. The minimum absolute atomic E-state index is 0.204. The molecular formula is C31H26N4O2S. The molecule has 0 unspecified atom stereocenters. The van der Waals surface area contributed by atoms with Crippen molar-refractivity contribution < 1.29 is 8.42 Å².